The van der Waals surface area contributed by atoms with Crippen LogP contribution >= 0.6 is 39.0 Å². The number of carbonyl (C=O) groups is 1. The number of hydrogen-bond donors (Lipinski definition) is 0. The van der Waals surface area contributed by atoms with Crippen molar-refractivity contribution in [1.29, 1.82) is 0 Å². The van der Waals surface area contributed by atoms with Gasteiger partial charge in [-0.2, -0.15) is 0 Å². The molecule has 3 aromatic rings. The fraction of sp³-hybridized carbons (Fsp3) is 0.286. The summed E-state index contributed by atoms with van der Waals surface area (Å²) < 4.78 is 2.58. The fourth-order valence-corrected chi connectivity index (χ4v) is 5.94. The zero-order chi connectivity index (χ0) is 19.7. The predicted molar refractivity (Wildman–Crippen MR) is 120 cm³/mol. The van der Waals surface area contributed by atoms with Gasteiger partial charge in [-0.05, 0) is 43.4 Å². The predicted octanol–water partition coefficient (Wildman–Crippen LogP) is 5.26. The summed E-state index contributed by atoms with van der Waals surface area (Å²) in [6, 6.07) is 7.31. The molecule has 0 saturated heterocycles. The second kappa shape index (κ2) is 8.35. The fourth-order valence-electron chi connectivity index (χ4n) is 3.47. The molecule has 144 valence electrons. The minimum Gasteiger partial charge on any atom is -0.293 e. The van der Waals surface area contributed by atoms with Gasteiger partial charge in [-0.1, -0.05) is 45.9 Å². The van der Waals surface area contributed by atoms with E-state index in [9.17, 15) is 9.59 Å². The van der Waals surface area contributed by atoms with Crippen molar-refractivity contribution in [2.24, 2.45) is 0 Å². The van der Waals surface area contributed by atoms with E-state index in [1.165, 1.54) is 28.6 Å². The highest BCUT2D eigenvalue weighted by Crippen LogP contribution is 2.34. The van der Waals surface area contributed by atoms with Gasteiger partial charge in [-0.3, -0.25) is 14.2 Å². The number of rotatable bonds is 6. The summed E-state index contributed by atoms with van der Waals surface area (Å²) in [4.78, 5) is 32.6. The number of nitrogens with zero attached hydrogens (tertiary/aromatic N) is 2. The van der Waals surface area contributed by atoms with Gasteiger partial charge in [0.1, 0.15) is 4.83 Å². The first kappa shape index (κ1) is 19.6. The lowest BCUT2D eigenvalue weighted by molar-refractivity contribution is 0.102. The smallest absolute Gasteiger partial charge is 0.263 e. The maximum Gasteiger partial charge on any atom is 0.263 e. The zero-order valence-corrected chi connectivity index (χ0v) is 18.5. The van der Waals surface area contributed by atoms with Crippen LogP contribution in [-0.4, -0.2) is 21.1 Å². The molecule has 4 rings (SSSR count). The molecule has 1 aliphatic rings. The molecule has 28 heavy (non-hydrogen) atoms. The third-order valence-electron chi connectivity index (χ3n) is 4.85. The van der Waals surface area contributed by atoms with Crippen molar-refractivity contribution < 1.29 is 4.79 Å². The van der Waals surface area contributed by atoms with Crippen LogP contribution in [-0.2, 0) is 19.4 Å². The minimum absolute atomic E-state index is 0.0112. The molecule has 7 heteroatoms. The largest absolute Gasteiger partial charge is 0.293 e. The third kappa shape index (κ3) is 3.75. The van der Waals surface area contributed by atoms with Gasteiger partial charge in [-0.15, -0.1) is 17.9 Å². The highest BCUT2D eigenvalue weighted by molar-refractivity contribution is 9.10. The van der Waals surface area contributed by atoms with Gasteiger partial charge in [0, 0.05) is 21.5 Å². The van der Waals surface area contributed by atoms with Gasteiger partial charge in [0.15, 0.2) is 10.9 Å². The Kier molecular flexibility index (Phi) is 5.85. The van der Waals surface area contributed by atoms with Crippen LogP contribution in [0.1, 0.15) is 33.6 Å². The summed E-state index contributed by atoms with van der Waals surface area (Å²) in [5.74, 6) is 0.254. The quantitative estimate of drug-likeness (QED) is 0.211. The van der Waals surface area contributed by atoms with Crippen molar-refractivity contribution >= 4 is 55.0 Å². The maximum atomic E-state index is 13.2. The average molecular weight is 475 g/mol. The molecule has 0 saturated carbocycles. The van der Waals surface area contributed by atoms with Crippen molar-refractivity contribution in [2.75, 3.05) is 5.75 Å². The van der Waals surface area contributed by atoms with Crippen molar-refractivity contribution in [3.05, 3.63) is 67.8 Å². The summed E-state index contributed by atoms with van der Waals surface area (Å²) in [5.41, 5.74) is 1.83. The summed E-state index contributed by atoms with van der Waals surface area (Å²) in [5, 5.41) is 1.35. The van der Waals surface area contributed by atoms with Gasteiger partial charge in [0.05, 0.1) is 11.1 Å². The van der Waals surface area contributed by atoms with Crippen molar-refractivity contribution in [3.63, 3.8) is 0 Å². The van der Waals surface area contributed by atoms with Crippen LogP contribution in [0.25, 0.3) is 10.2 Å². The Morgan fingerprint density at radius 2 is 2.04 bits per heavy atom. The lowest BCUT2D eigenvalue weighted by atomic mass is 9.97. The van der Waals surface area contributed by atoms with Crippen molar-refractivity contribution in [3.8, 4) is 0 Å². The van der Waals surface area contributed by atoms with E-state index in [0.717, 1.165) is 34.0 Å². The summed E-state index contributed by atoms with van der Waals surface area (Å²) in [7, 11) is 0. The monoisotopic (exact) mass is 474 g/mol. The molecular formula is C21H19BrN2O2S2. The molecule has 0 radical (unpaired) electrons. The first-order valence-electron chi connectivity index (χ1n) is 9.16. The van der Waals surface area contributed by atoms with Gasteiger partial charge in [0.25, 0.3) is 5.56 Å². The highest BCUT2D eigenvalue weighted by Gasteiger charge is 2.22. The number of aromatic nitrogens is 2. The molecule has 0 aliphatic heterocycles. The number of hydrogen-bond acceptors (Lipinski definition) is 5. The van der Waals surface area contributed by atoms with E-state index in [2.05, 4.69) is 22.5 Å². The number of benzene rings is 1. The average Bonchev–Trinajstić information content (AvgIpc) is 3.07. The molecule has 0 amide bonds. The standard InChI is InChI=1S/C21H19BrN2O2S2/c1-2-11-24-20(26)18-15-5-3-4-6-17(15)28-19(18)23-21(24)27-12-16(25)13-7-9-14(22)10-8-13/h2,7-10H,1,3-6,11-12H2. The van der Waals surface area contributed by atoms with Crippen molar-refractivity contribution in [1.82, 2.24) is 9.55 Å². The van der Waals surface area contributed by atoms with Crippen LogP contribution < -0.4 is 5.56 Å². The van der Waals surface area contributed by atoms with Crippen LogP contribution in [0, 0.1) is 0 Å². The Labute approximate surface area is 179 Å². The van der Waals surface area contributed by atoms with Crippen LogP contribution in [0.3, 0.4) is 0 Å². The molecule has 0 spiro atoms. The Morgan fingerprint density at radius 1 is 1.29 bits per heavy atom. The van der Waals surface area contributed by atoms with Crippen LogP contribution in [0.2, 0.25) is 0 Å². The van der Waals surface area contributed by atoms with E-state index in [1.54, 1.807) is 34.1 Å². The zero-order valence-electron chi connectivity index (χ0n) is 15.2. The number of thiophene rings is 1. The molecule has 2 aromatic heterocycles. The highest BCUT2D eigenvalue weighted by atomic mass is 79.9. The Morgan fingerprint density at radius 3 is 2.79 bits per heavy atom. The van der Waals surface area contributed by atoms with E-state index < -0.39 is 0 Å². The first-order valence-corrected chi connectivity index (χ1v) is 11.8. The molecule has 0 bridgehead atoms. The van der Waals surface area contributed by atoms with Gasteiger partial charge >= 0.3 is 0 Å². The summed E-state index contributed by atoms with van der Waals surface area (Å²) in [6.45, 7) is 4.17. The number of fused-ring (bicyclic) bond motifs is 3. The minimum atomic E-state index is -0.0112. The van der Waals surface area contributed by atoms with Crippen molar-refractivity contribution in [2.45, 2.75) is 37.4 Å². The molecule has 1 aliphatic carbocycles. The Balaban J connectivity index is 1.68. The maximum absolute atomic E-state index is 13.2. The van der Waals surface area contributed by atoms with Gasteiger partial charge in [0.2, 0.25) is 0 Å². The van der Waals surface area contributed by atoms with Crippen LogP contribution in [0.4, 0.5) is 0 Å². The van der Waals surface area contributed by atoms with E-state index in [-0.39, 0.29) is 17.1 Å². The summed E-state index contributed by atoms with van der Waals surface area (Å²) in [6.07, 6.45) is 5.98. The number of Topliss-reactive ketones (excluding diaryl/α,β-unsaturated/α-hetero) is 1. The number of thioether (sulfide) groups is 1. The van der Waals surface area contributed by atoms with E-state index >= 15 is 0 Å². The molecule has 2 heterocycles. The first-order chi connectivity index (χ1) is 13.6. The normalized spacial score (nSPS) is 13.5. The van der Waals surface area contributed by atoms with E-state index in [1.807, 2.05) is 12.1 Å². The molecule has 0 unspecified atom stereocenters. The Bertz CT molecular complexity index is 1120. The number of allylic oxidation sites excluding steroid dienone is 1. The lowest BCUT2D eigenvalue weighted by Crippen LogP contribution is -2.23. The Hall–Kier alpha value is -1.70. The lowest BCUT2D eigenvalue weighted by Gasteiger charge is -2.12. The number of aryl methyl sites for hydroxylation is 2. The number of halogens is 1. The van der Waals surface area contributed by atoms with Crippen LogP contribution in [0.15, 0.2) is 51.3 Å². The molecular weight excluding hydrogens is 456 g/mol. The molecule has 0 fully saturated rings. The molecule has 4 nitrogen and oxygen atoms in total. The third-order valence-corrected chi connectivity index (χ3v) is 7.54. The molecule has 0 atom stereocenters. The molecule has 0 N–H and O–H groups in total. The SMILES string of the molecule is C=CCn1c(SCC(=O)c2ccc(Br)cc2)nc2sc3c(c2c1=O)CCCC3. The summed E-state index contributed by atoms with van der Waals surface area (Å²) >= 11 is 6.33. The number of ketones is 1. The molecule has 1 aromatic carbocycles. The van der Waals surface area contributed by atoms with Gasteiger partial charge in [-0.25, -0.2) is 4.98 Å². The van der Waals surface area contributed by atoms with E-state index in [4.69, 9.17) is 4.98 Å². The number of carbonyl (C=O) groups excluding carboxylic acids is 1. The van der Waals surface area contributed by atoms with Gasteiger partial charge < -0.3 is 0 Å². The van der Waals surface area contributed by atoms with Crippen LogP contribution in [0.5, 0.6) is 0 Å². The second-order valence-corrected chi connectivity index (χ2v) is 9.65. The topological polar surface area (TPSA) is 52.0 Å². The second-order valence-electron chi connectivity index (χ2n) is 6.71. The van der Waals surface area contributed by atoms with E-state index in [0.29, 0.717) is 17.3 Å².